The molecule has 2 rings (SSSR count). The summed E-state index contributed by atoms with van der Waals surface area (Å²) < 4.78 is 27.2. The summed E-state index contributed by atoms with van der Waals surface area (Å²) >= 11 is 0. The number of nitrogens with zero attached hydrogens (tertiary/aromatic N) is 2. The molecule has 7 nitrogen and oxygen atoms in total. The summed E-state index contributed by atoms with van der Waals surface area (Å²) in [4.78, 5) is 15.0. The first-order chi connectivity index (χ1) is 12.8. The number of benzene rings is 1. The van der Waals surface area contributed by atoms with Crippen LogP contribution in [0.3, 0.4) is 0 Å². The molecule has 0 aromatic heterocycles. The first-order valence-corrected chi connectivity index (χ1v) is 11.1. The monoisotopic (exact) mass is 432 g/mol. The zero-order valence-electron chi connectivity index (χ0n) is 17.2. The van der Waals surface area contributed by atoms with Crippen molar-refractivity contribution in [3.05, 3.63) is 18.2 Å². The number of amides is 1. The van der Waals surface area contributed by atoms with E-state index in [0.717, 1.165) is 31.6 Å². The third-order valence-corrected chi connectivity index (χ3v) is 7.02. The number of hydrogen-bond acceptors (Lipinski definition) is 5. The molecule has 1 saturated heterocycles. The third kappa shape index (κ3) is 5.59. The fourth-order valence-electron chi connectivity index (χ4n) is 3.38. The van der Waals surface area contributed by atoms with Crippen molar-refractivity contribution in [1.29, 1.82) is 0 Å². The largest absolute Gasteiger partial charge is 0.370 e. The van der Waals surface area contributed by atoms with Crippen LogP contribution in [-0.2, 0) is 14.8 Å². The standard InChI is InChI=1S/C19H32N4O3S.ClH/c1-5-23(6-2)27(25,26)16-9-10-18(22-11-7-8-12-22)17(13-16)21-19(24)15(3)14-20-4;/h9-10,13,15,20H,5-8,11-12,14H2,1-4H3,(H,21,24);1H. The smallest absolute Gasteiger partial charge is 0.243 e. The highest BCUT2D eigenvalue weighted by Gasteiger charge is 2.25. The fraction of sp³-hybridized carbons (Fsp3) is 0.632. The summed E-state index contributed by atoms with van der Waals surface area (Å²) in [7, 11) is -1.78. The van der Waals surface area contributed by atoms with Crippen LogP contribution in [0.1, 0.15) is 33.6 Å². The van der Waals surface area contributed by atoms with E-state index in [9.17, 15) is 13.2 Å². The Morgan fingerprint density at radius 3 is 2.36 bits per heavy atom. The number of nitrogens with one attached hydrogen (secondary N) is 2. The highest BCUT2D eigenvalue weighted by atomic mass is 35.5. The Labute approximate surface area is 175 Å². The summed E-state index contributed by atoms with van der Waals surface area (Å²) in [6.45, 7) is 8.69. The lowest BCUT2D eigenvalue weighted by Gasteiger charge is -2.24. The van der Waals surface area contributed by atoms with E-state index in [0.29, 0.717) is 25.3 Å². The second-order valence-electron chi connectivity index (χ2n) is 6.91. The van der Waals surface area contributed by atoms with Gasteiger partial charge < -0.3 is 15.5 Å². The average molecular weight is 433 g/mol. The number of carbonyl (C=O) groups is 1. The van der Waals surface area contributed by atoms with E-state index in [1.807, 2.05) is 26.8 Å². The Balaban J connectivity index is 0.00000392. The molecule has 1 aliphatic rings. The Kier molecular flexibility index (Phi) is 9.69. The molecule has 0 saturated carbocycles. The van der Waals surface area contributed by atoms with Gasteiger partial charge in [-0.2, -0.15) is 4.31 Å². The maximum absolute atomic E-state index is 12.9. The molecule has 1 unspecified atom stereocenters. The van der Waals surface area contributed by atoms with Gasteiger partial charge in [0.2, 0.25) is 15.9 Å². The van der Waals surface area contributed by atoms with E-state index in [2.05, 4.69) is 15.5 Å². The molecule has 1 fully saturated rings. The van der Waals surface area contributed by atoms with Crippen LogP contribution in [0.4, 0.5) is 11.4 Å². The van der Waals surface area contributed by atoms with Crippen molar-refractivity contribution in [2.24, 2.45) is 5.92 Å². The maximum atomic E-state index is 12.9. The summed E-state index contributed by atoms with van der Waals surface area (Å²) in [5.74, 6) is -0.341. The Hall–Kier alpha value is -1.35. The van der Waals surface area contributed by atoms with Gasteiger partial charge in [-0.05, 0) is 38.1 Å². The van der Waals surface area contributed by atoms with Crippen LogP contribution in [0.15, 0.2) is 23.1 Å². The van der Waals surface area contributed by atoms with Gasteiger partial charge in [-0.1, -0.05) is 20.8 Å². The molecule has 2 N–H and O–H groups in total. The Morgan fingerprint density at radius 1 is 1.21 bits per heavy atom. The van der Waals surface area contributed by atoms with Crippen LogP contribution >= 0.6 is 12.4 Å². The number of rotatable bonds is 9. The topological polar surface area (TPSA) is 81.8 Å². The van der Waals surface area contributed by atoms with Gasteiger partial charge in [0.05, 0.1) is 16.3 Å². The van der Waals surface area contributed by atoms with Crippen LogP contribution in [-0.4, -0.2) is 58.4 Å². The molecule has 9 heteroatoms. The van der Waals surface area contributed by atoms with E-state index in [1.165, 1.54) is 4.31 Å². The minimum absolute atomic E-state index is 0. The molecule has 1 amide bonds. The quantitative estimate of drug-likeness (QED) is 0.626. The lowest BCUT2D eigenvalue weighted by molar-refractivity contribution is -0.119. The molecule has 160 valence electrons. The van der Waals surface area contributed by atoms with Crippen LogP contribution in [0.25, 0.3) is 0 Å². The second kappa shape index (κ2) is 11.0. The van der Waals surface area contributed by atoms with Crippen LogP contribution < -0.4 is 15.5 Å². The van der Waals surface area contributed by atoms with Crippen molar-refractivity contribution >= 4 is 39.7 Å². The minimum Gasteiger partial charge on any atom is -0.370 e. The normalized spacial score (nSPS) is 15.4. The van der Waals surface area contributed by atoms with E-state index < -0.39 is 10.0 Å². The molecule has 1 aromatic carbocycles. The number of carbonyl (C=O) groups excluding carboxylic acids is 1. The first kappa shape index (κ1) is 24.7. The van der Waals surface area contributed by atoms with Crippen LogP contribution in [0, 0.1) is 5.92 Å². The highest BCUT2D eigenvalue weighted by Crippen LogP contribution is 2.32. The predicted octanol–water partition coefficient (Wildman–Crippen LogP) is 2.53. The molecule has 1 aliphatic heterocycles. The Bertz CT molecular complexity index is 748. The molecule has 1 aromatic rings. The van der Waals surface area contributed by atoms with Crippen LogP contribution in [0.5, 0.6) is 0 Å². The Morgan fingerprint density at radius 2 is 1.82 bits per heavy atom. The van der Waals surface area contributed by atoms with Crippen molar-refractivity contribution < 1.29 is 13.2 Å². The van der Waals surface area contributed by atoms with Crippen molar-refractivity contribution in [3.8, 4) is 0 Å². The SMILES string of the molecule is CCN(CC)S(=O)(=O)c1ccc(N2CCCC2)c(NC(=O)C(C)CNC)c1.Cl. The van der Waals surface area contributed by atoms with Gasteiger partial charge in [0.25, 0.3) is 0 Å². The zero-order chi connectivity index (χ0) is 20.0. The number of sulfonamides is 1. The summed E-state index contributed by atoms with van der Waals surface area (Å²) in [5, 5.41) is 5.95. The molecule has 1 atom stereocenters. The van der Waals surface area contributed by atoms with Gasteiger partial charge in [0.1, 0.15) is 0 Å². The van der Waals surface area contributed by atoms with E-state index >= 15 is 0 Å². The molecule has 0 radical (unpaired) electrons. The minimum atomic E-state index is -3.58. The molecule has 28 heavy (non-hydrogen) atoms. The fourth-order valence-corrected chi connectivity index (χ4v) is 4.86. The summed E-state index contributed by atoms with van der Waals surface area (Å²) in [6.07, 6.45) is 2.20. The van der Waals surface area contributed by atoms with Crippen LogP contribution in [0.2, 0.25) is 0 Å². The van der Waals surface area contributed by atoms with Crippen molar-refractivity contribution in [3.63, 3.8) is 0 Å². The molecule has 0 aliphatic carbocycles. The predicted molar refractivity (Wildman–Crippen MR) is 117 cm³/mol. The molecule has 0 bridgehead atoms. The molecule has 0 spiro atoms. The third-order valence-electron chi connectivity index (χ3n) is 4.97. The zero-order valence-corrected chi connectivity index (χ0v) is 18.8. The van der Waals surface area contributed by atoms with E-state index in [4.69, 9.17) is 0 Å². The average Bonchev–Trinajstić information content (AvgIpc) is 3.17. The first-order valence-electron chi connectivity index (χ1n) is 9.69. The summed E-state index contributed by atoms with van der Waals surface area (Å²) in [5.41, 5.74) is 1.45. The van der Waals surface area contributed by atoms with Gasteiger partial charge in [-0.15, -0.1) is 12.4 Å². The lowest BCUT2D eigenvalue weighted by atomic mass is 10.1. The van der Waals surface area contributed by atoms with Crippen molar-refractivity contribution in [2.75, 3.05) is 50.0 Å². The number of hydrogen-bond donors (Lipinski definition) is 2. The van der Waals surface area contributed by atoms with Gasteiger partial charge in [-0.25, -0.2) is 8.42 Å². The second-order valence-corrected chi connectivity index (χ2v) is 8.85. The van der Waals surface area contributed by atoms with Gasteiger partial charge >= 0.3 is 0 Å². The van der Waals surface area contributed by atoms with Crippen molar-refractivity contribution in [2.45, 2.75) is 38.5 Å². The summed E-state index contributed by atoms with van der Waals surface area (Å²) in [6, 6.07) is 5.07. The molecular weight excluding hydrogens is 400 g/mol. The van der Waals surface area contributed by atoms with Gasteiger partial charge in [0.15, 0.2) is 0 Å². The van der Waals surface area contributed by atoms with E-state index in [1.54, 1.807) is 19.2 Å². The molecule has 1 heterocycles. The molecular formula is C19H33ClN4O3S. The van der Waals surface area contributed by atoms with Crippen molar-refractivity contribution in [1.82, 2.24) is 9.62 Å². The van der Waals surface area contributed by atoms with E-state index in [-0.39, 0.29) is 29.1 Å². The maximum Gasteiger partial charge on any atom is 0.243 e. The number of anilines is 2. The lowest BCUT2D eigenvalue weighted by Crippen LogP contribution is -2.31. The van der Waals surface area contributed by atoms with Gasteiger partial charge in [0, 0.05) is 38.6 Å². The number of halogens is 1. The highest BCUT2D eigenvalue weighted by molar-refractivity contribution is 7.89. The van der Waals surface area contributed by atoms with Gasteiger partial charge in [-0.3, -0.25) is 4.79 Å².